The lowest BCUT2D eigenvalue weighted by Crippen LogP contribution is -2.46. The summed E-state index contributed by atoms with van der Waals surface area (Å²) in [6, 6.07) is 9.19. The zero-order valence-electron chi connectivity index (χ0n) is 15.0. The monoisotopic (exact) mass is 377 g/mol. The molecule has 0 spiro atoms. The van der Waals surface area contributed by atoms with Crippen LogP contribution in [0.15, 0.2) is 42.0 Å². The van der Waals surface area contributed by atoms with Gasteiger partial charge in [-0.15, -0.1) is 0 Å². The fourth-order valence-electron chi connectivity index (χ4n) is 3.46. The molecule has 7 heteroatoms. The number of amides is 1. The Morgan fingerprint density at radius 3 is 2.81 bits per heavy atom. The molecule has 0 radical (unpaired) electrons. The predicted molar refractivity (Wildman–Crippen MR) is 102 cm³/mol. The highest BCUT2D eigenvalue weighted by Gasteiger charge is 2.32. The van der Waals surface area contributed by atoms with Crippen molar-refractivity contribution < 1.29 is 13.2 Å². The largest absolute Gasteiger partial charge is 0.352 e. The number of carbonyl (C=O) groups excluding carboxylic acids is 1. The van der Waals surface area contributed by atoms with Crippen molar-refractivity contribution >= 4 is 15.9 Å². The van der Waals surface area contributed by atoms with Crippen molar-refractivity contribution in [1.82, 2.24) is 14.9 Å². The van der Waals surface area contributed by atoms with Crippen molar-refractivity contribution in [2.24, 2.45) is 5.92 Å². The third-order valence-electron chi connectivity index (χ3n) is 4.99. The minimum absolute atomic E-state index is 0.0118. The van der Waals surface area contributed by atoms with Crippen LogP contribution in [0.1, 0.15) is 24.8 Å². The first-order valence-corrected chi connectivity index (χ1v) is 10.8. The van der Waals surface area contributed by atoms with Crippen molar-refractivity contribution in [2.45, 2.75) is 25.0 Å². The van der Waals surface area contributed by atoms with Crippen LogP contribution in [0, 0.1) is 5.92 Å². The summed E-state index contributed by atoms with van der Waals surface area (Å²) in [6.07, 6.45) is 4.52. The number of sulfonamides is 1. The lowest BCUT2D eigenvalue weighted by molar-refractivity contribution is -0.125. The molecule has 1 saturated heterocycles. The van der Waals surface area contributed by atoms with Crippen LogP contribution < -0.4 is 10.6 Å². The van der Waals surface area contributed by atoms with Crippen LogP contribution in [-0.2, 0) is 20.6 Å². The van der Waals surface area contributed by atoms with Crippen molar-refractivity contribution in [3.8, 4) is 0 Å². The van der Waals surface area contributed by atoms with Gasteiger partial charge < -0.3 is 10.6 Å². The molecular weight excluding hydrogens is 350 g/mol. The second-order valence-corrected chi connectivity index (χ2v) is 8.94. The summed E-state index contributed by atoms with van der Waals surface area (Å²) in [6.45, 7) is 3.13. The Hall–Kier alpha value is -1.70. The number of nitrogens with one attached hydrogen (secondary N) is 2. The number of rotatable bonds is 6. The minimum atomic E-state index is -3.40. The van der Waals surface area contributed by atoms with E-state index in [0.29, 0.717) is 13.1 Å². The molecule has 0 saturated carbocycles. The van der Waals surface area contributed by atoms with Crippen LogP contribution in [0.5, 0.6) is 0 Å². The van der Waals surface area contributed by atoms with E-state index in [-0.39, 0.29) is 24.1 Å². The second-order valence-electron chi connectivity index (χ2n) is 6.97. The Morgan fingerprint density at radius 2 is 2.08 bits per heavy atom. The van der Waals surface area contributed by atoms with Crippen molar-refractivity contribution in [3.05, 3.63) is 47.5 Å². The topological polar surface area (TPSA) is 78.5 Å². The molecule has 1 amide bonds. The first-order chi connectivity index (χ1) is 12.5. The number of benzene rings is 1. The van der Waals surface area contributed by atoms with Crippen LogP contribution >= 0.6 is 0 Å². The molecule has 1 unspecified atom stereocenters. The molecule has 142 valence electrons. The molecule has 26 heavy (non-hydrogen) atoms. The van der Waals surface area contributed by atoms with Gasteiger partial charge in [0.05, 0.1) is 11.7 Å². The molecular formula is C19H27N3O3S. The molecule has 1 fully saturated rings. The summed E-state index contributed by atoms with van der Waals surface area (Å²) in [5, 5.41) is 6.23. The molecule has 0 bridgehead atoms. The maximum absolute atomic E-state index is 12.7. The molecule has 2 aliphatic heterocycles. The number of carbonyl (C=O) groups is 1. The highest BCUT2D eigenvalue weighted by Crippen LogP contribution is 2.21. The predicted octanol–water partition coefficient (Wildman–Crippen LogP) is 1.26. The van der Waals surface area contributed by atoms with Crippen LogP contribution in [0.3, 0.4) is 0 Å². The second kappa shape index (κ2) is 8.79. The maximum atomic E-state index is 12.7. The molecule has 1 aromatic rings. The van der Waals surface area contributed by atoms with Gasteiger partial charge in [0.15, 0.2) is 0 Å². The van der Waals surface area contributed by atoms with Crippen molar-refractivity contribution in [1.29, 1.82) is 0 Å². The van der Waals surface area contributed by atoms with Gasteiger partial charge in [-0.25, -0.2) is 12.7 Å². The molecule has 1 aromatic carbocycles. The van der Waals surface area contributed by atoms with Gasteiger partial charge in [-0.3, -0.25) is 4.79 Å². The summed E-state index contributed by atoms with van der Waals surface area (Å²) in [5.41, 5.74) is 2.01. The molecule has 1 atom stereocenters. The molecule has 2 N–H and O–H groups in total. The van der Waals surface area contributed by atoms with Gasteiger partial charge in [0, 0.05) is 26.2 Å². The quantitative estimate of drug-likeness (QED) is 0.732. The van der Waals surface area contributed by atoms with Crippen molar-refractivity contribution in [2.75, 3.05) is 32.7 Å². The Morgan fingerprint density at radius 1 is 1.27 bits per heavy atom. The van der Waals surface area contributed by atoms with Crippen LogP contribution in [0.25, 0.3) is 0 Å². The van der Waals surface area contributed by atoms with Gasteiger partial charge in [-0.1, -0.05) is 42.0 Å². The van der Waals surface area contributed by atoms with E-state index in [1.807, 2.05) is 30.3 Å². The normalized spacial score (nSPS) is 21.8. The van der Waals surface area contributed by atoms with E-state index >= 15 is 0 Å². The molecule has 0 aromatic heterocycles. The van der Waals surface area contributed by atoms with Crippen LogP contribution in [0.2, 0.25) is 0 Å². The average Bonchev–Trinajstić information content (AvgIpc) is 2.67. The fourth-order valence-corrected chi connectivity index (χ4v) is 5.07. The summed E-state index contributed by atoms with van der Waals surface area (Å²) < 4.78 is 26.9. The van der Waals surface area contributed by atoms with Crippen LogP contribution in [0.4, 0.5) is 0 Å². The average molecular weight is 378 g/mol. The van der Waals surface area contributed by atoms with E-state index in [9.17, 15) is 13.2 Å². The SMILES string of the molecule is O=C(NCC1=CCNCC1)C1CCCN(S(=O)(=O)Cc2ccccc2)C1. The fraction of sp³-hybridized carbons (Fsp3) is 0.526. The Labute approximate surface area is 155 Å². The number of piperidine rings is 1. The van der Waals surface area contributed by atoms with E-state index in [1.165, 1.54) is 9.88 Å². The van der Waals surface area contributed by atoms with Gasteiger partial charge in [0.2, 0.25) is 15.9 Å². The van der Waals surface area contributed by atoms with Gasteiger partial charge >= 0.3 is 0 Å². The Kier molecular flexibility index (Phi) is 6.45. The van der Waals surface area contributed by atoms with Crippen molar-refractivity contribution in [3.63, 3.8) is 0 Å². The zero-order chi connectivity index (χ0) is 18.4. The first kappa shape index (κ1) is 19.1. The highest BCUT2D eigenvalue weighted by molar-refractivity contribution is 7.88. The molecule has 3 rings (SSSR count). The van der Waals surface area contributed by atoms with E-state index in [1.54, 1.807) is 0 Å². The summed E-state index contributed by atoms with van der Waals surface area (Å²) in [5.74, 6) is -0.317. The molecule has 0 aliphatic carbocycles. The third-order valence-corrected chi connectivity index (χ3v) is 6.80. The summed E-state index contributed by atoms with van der Waals surface area (Å²) in [4.78, 5) is 12.5. The first-order valence-electron chi connectivity index (χ1n) is 9.23. The third kappa shape index (κ3) is 5.16. The molecule has 6 nitrogen and oxygen atoms in total. The lowest BCUT2D eigenvalue weighted by Gasteiger charge is -2.31. The highest BCUT2D eigenvalue weighted by atomic mass is 32.2. The standard InChI is InChI=1S/C19H27N3O3S/c23-19(21-13-16-8-10-20-11-9-16)18-7-4-12-22(14-18)26(24,25)15-17-5-2-1-3-6-17/h1-3,5-6,8,18,20H,4,7,9-15H2,(H,21,23). The van der Waals surface area contributed by atoms with E-state index < -0.39 is 10.0 Å². The Bertz CT molecular complexity index is 747. The lowest BCUT2D eigenvalue weighted by atomic mass is 9.98. The number of hydrogen-bond donors (Lipinski definition) is 2. The molecule has 2 aliphatic rings. The van der Waals surface area contributed by atoms with E-state index in [4.69, 9.17) is 0 Å². The van der Waals surface area contributed by atoms with Crippen LogP contribution in [-0.4, -0.2) is 51.4 Å². The molecule has 2 heterocycles. The number of hydrogen-bond acceptors (Lipinski definition) is 4. The number of nitrogens with zero attached hydrogens (tertiary/aromatic N) is 1. The maximum Gasteiger partial charge on any atom is 0.224 e. The van der Waals surface area contributed by atoms with E-state index in [0.717, 1.165) is 37.9 Å². The van der Waals surface area contributed by atoms with Gasteiger partial charge in [-0.05, 0) is 31.4 Å². The zero-order valence-corrected chi connectivity index (χ0v) is 15.8. The van der Waals surface area contributed by atoms with E-state index in [2.05, 4.69) is 16.7 Å². The van der Waals surface area contributed by atoms with Gasteiger partial charge in [-0.2, -0.15) is 0 Å². The van der Waals surface area contributed by atoms with Gasteiger partial charge in [0.25, 0.3) is 0 Å². The Balaban J connectivity index is 1.56. The summed E-state index contributed by atoms with van der Waals surface area (Å²) in [7, 11) is -3.40. The minimum Gasteiger partial charge on any atom is -0.352 e. The van der Waals surface area contributed by atoms with Gasteiger partial charge in [0.1, 0.15) is 0 Å². The summed E-state index contributed by atoms with van der Waals surface area (Å²) >= 11 is 0. The smallest absolute Gasteiger partial charge is 0.224 e.